The van der Waals surface area contributed by atoms with Gasteiger partial charge < -0.3 is 5.32 Å². The fourth-order valence-corrected chi connectivity index (χ4v) is 4.97. The van der Waals surface area contributed by atoms with Crippen LogP contribution in [0.15, 0.2) is 59.5 Å². The molecular formula is C20H21F3N2O3S. The molecule has 0 bridgehead atoms. The summed E-state index contributed by atoms with van der Waals surface area (Å²) in [5, 5.41) is 2.76. The van der Waals surface area contributed by atoms with Gasteiger partial charge in [-0.05, 0) is 42.7 Å². The van der Waals surface area contributed by atoms with E-state index in [9.17, 15) is 26.4 Å². The number of carbonyl (C=O) groups excluding carboxylic acids is 1. The van der Waals surface area contributed by atoms with Gasteiger partial charge in [-0.25, -0.2) is 8.42 Å². The first-order chi connectivity index (χ1) is 13.7. The molecule has 0 aromatic heterocycles. The lowest BCUT2D eigenvalue weighted by Crippen LogP contribution is -2.51. The maximum absolute atomic E-state index is 13.0. The van der Waals surface area contributed by atoms with Crippen LogP contribution >= 0.6 is 0 Å². The summed E-state index contributed by atoms with van der Waals surface area (Å²) in [7, 11) is -4.10. The van der Waals surface area contributed by atoms with E-state index in [0.717, 1.165) is 34.1 Å². The standard InChI is InChI=1S/C20H21F3N2O3S/c21-20(22,23)16-9-11-17(12-10-16)29(27,28)25-13-5-4-8-18(25)19(26)24-14-15-6-2-1-3-7-15/h1-3,6-7,9-12,18H,4-5,8,13-14H2,(H,24,26)/t18-/m0/s1. The molecule has 0 saturated carbocycles. The quantitative estimate of drug-likeness (QED) is 0.795. The molecule has 1 atom stereocenters. The van der Waals surface area contributed by atoms with Crippen molar-refractivity contribution in [3.63, 3.8) is 0 Å². The summed E-state index contributed by atoms with van der Waals surface area (Å²) in [4.78, 5) is 12.4. The third-order valence-corrected chi connectivity index (χ3v) is 6.78. The van der Waals surface area contributed by atoms with Crippen LogP contribution in [-0.2, 0) is 27.5 Å². The third kappa shape index (κ3) is 4.97. The lowest BCUT2D eigenvalue weighted by atomic mass is 10.0. The Bertz CT molecular complexity index is 945. The molecular weight excluding hydrogens is 405 g/mol. The Morgan fingerprint density at radius 2 is 1.69 bits per heavy atom. The van der Waals surface area contributed by atoms with Gasteiger partial charge in [-0.2, -0.15) is 17.5 Å². The van der Waals surface area contributed by atoms with Crippen LogP contribution in [0, 0.1) is 0 Å². The molecule has 0 aliphatic carbocycles. The summed E-state index contributed by atoms with van der Waals surface area (Å²) >= 11 is 0. The Balaban J connectivity index is 1.78. The van der Waals surface area contributed by atoms with Crippen LogP contribution in [0.1, 0.15) is 30.4 Å². The van der Waals surface area contributed by atoms with E-state index in [0.29, 0.717) is 19.3 Å². The minimum absolute atomic E-state index is 0.146. The summed E-state index contributed by atoms with van der Waals surface area (Å²) in [6.07, 6.45) is -2.90. The van der Waals surface area contributed by atoms with Crippen molar-refractivity contribution in [1.29, 1.82) is 0 Å². The van der Waals surface area contributed by atoms with Crippen molar-refractivity contribution < 1.29 is 26.4 Å². The molecule has 0 unspecified atom stereocenters. The van der Waals surface area contributed by atoms with Gasteiger partial charge in [-0.1, -0.05) is 36.8 Å². The zero-order valence-electron chi connectivity index (χ0n) is 15.5. The van der Waals surface area contributed by atoms with E-state index in [2.05, 4.69) is 5.32 Å². The Hall–Kier alpha value is -2.39. The molecule has 5 nitrogen and oxygen atoms in total. The van der Waals surface area contributed by atoms with Crippen molar-refractivity contribution in [2.75, 3.05) is 6.54 Å². The zero-order chi connectivity index (χ0) is 21.1. The van der Waals surface area contributed by atoms with Crippen molar-refractivity contribution in [2.45, 2.75) is 42.9 Å². The van der Waals surface area contributed by atoms with Crippen molar-refractivity contribution in [1.82, 2.24) is 9.62 Å². The second kappa shape index (κ2) is 8.54. The SMILES string of the molecule is O=C(NCc1ccccc1)[C@@H]1CCCCN1S(=O)(=O)c1ccc(C(F)(F)F)cc1. The Morgan fingerprint density at radius 1 is 1.03 bits per heavy atom. The first kappa shape index (κ1) is 21.3. The smallest absolute Gasteiger partial charge is 0.351 e. The monoisotopic (exact) mass is 426 g/mol. The van der Waals surface area contributed by atoms with E-state index < -0.39 is 33.7 Å². The normalized spacial score (nSPS) is 18.4. The summed E-state index contributed by atoms with van der Waals surface area (Å²) in [6, 6.07) is 11.7. The highest BCUT2D eigenvalue weighted by atomic mass is 32.2. The van der Waals surface area contributed by atoms with E-state index in [-0.39, 0.29) is 18.0 Å². The Kier molecular flexibility index (Phi) is 6.28. The predicted molar refractivity (Wildman–Crippen MR) is 101 cm³/mol. The number of carbonyl (C=O) groups is 1. The Labute approximate surface area is 167 Å². The average Bonchev–Trinajstić information content (AvgIpc) is 2.72. The van der Waals surface area contributed by atoms with E-state index >= 15 is 0 Å². The fourth-order valence-electron chi connectivity index (χ4n) is 3.31. The summed E-state index contributed by atoms with van der Waals surface area (Å²) < 4.78 is 65.4. The molecule has 1 aliphatic heterocycles. The van der Waals surface area contributed by atoms with Gasteiger partial charge in [0, 0.05) is 13.1 Å². The van der Waals surface area contributed by atoms with Gasteiger partial charge in [-0.15, -0.1) is 0 Å². The molecule has 2 aromatic rings. The molecule has 1 heterocycles. The summed E-state index contributed by atoms with van der Waals surface area (Å²) in [5.74, 6) is -0.413. The van der Waals surface area contributed by atoms with Gasteiger partial charge in [0.1, 0.15) is 6.04 Å². The lowest BCUT2D eigenvalue weighted by Gasteiger charge is -2.33. The summed E-state index contributed by atoms with van der Waals surface area (Å²) in [6.45, 7) is 0.414. The minimum Gasteiger partial charge on any atom is -0.351 e. The Morgan fingerprint density at radius 3 is 2.31 bits per heavy atom. The number of halogens is 3. The second-order valence-electron chi connectivity index (χ2n) is 6.85. The van der Waals surface area contributed by atoms with E-state index in [1.807, 2.05) is 30.3 Å². The largest absolute Gasteiger partial charge is 0.416 e. The highest BCUT2D eigenvalue weighted by Crippen LogP contribution is 2.31. The molecule has 1 N–H and O–H groups in total. The predicted octanol–water partition coefficient (Wildman–Crippen LogP) is 3.57. The number of benzene rings is 2. The molecule has 2 aromatic carbocycles. The number of nitrogens with zero attached hydrogens (tertiary/aromatic N) is 1. The highest BCUT2D eigenvalue weighted by Gasteiger charge is 2.38. The maximum Gasteiger partial charge on any atom is 0.416 e. The molecule has 1 aliphatic rings. The number of amides is 1. The van der Waals surface area contributed by atoms with Crippen molar-refractivity contribution in [3.8, 4) is 0 Å². The number of alkyl halides is 3. The van der Waals surface area contributed by atoms with Gasteiger partial charge in [0.2, 0.25) is 15.9 Å². The molecule has 1 fully saturated rings. The first-order valence-electron chi connectivity index (χ1n) is 9.20. The van der Waals surface area contributed by atoms with Gasteiger partial charge in [0.25, 0.3) is 0 Å². The highest BCUT2D eigenvalue weighted by molar-refractivity contribution is 7.89. The van der Waals surface area contributed by atoms with E-state index in [1.165, 1.54) is 0 Å². The first-order valence-corrected chi connectivity index (χ1v) is 10.6. The van der Waals surface area contributed by atoms with Crippen LogP contribution in [0.3, 0.4) is 0 Å². The van der Waals surface area contributed by atoms with Crippen molar-refractivity contribution >= 4 is 15.9 Å². The number of piperidine rings is 1. The van der Waals surface area contributed by atoms with Gasteiger partial charge in [-0.3, -0.25) is 4.79 Å². The maximum atomic E-state index is 13.0. The molecule has 1 amide bonds. The van der Waals surface area contributed by atoms with Gasteiger partial charge in [0.15, 0.2) is 0 Å². The number of hydrogen-bond acceptors (Lipinski definition) is 3. The summed E-state index contributed by atoms with van der Waals surface area (Å²) in [5.41, 5.74) is -0.0407. The van der Waals surface area contributed by atoms with Crippen LogP contribution in [0.25, 0.3) is 0 Å². The molecule has 156 valence electrons. The number of rotatable bonds is 5. The van der Waals surface area contributed by atoms with Gasteiger partial charge in [0.05, 0.1) is 10.5 Å². The van der Waals surface area contributed by atoms with Crippen LogP contribution in [0.2, 0.25) is 0 Å². The number of hydrogen-bond donors (Lipinski definition) is 1. The average molecular weight is 426 g/mol. The van der Waals surface area contributed by atoms with Crippen molar-refractivity contribution in [2.24, 2.45) is 0 Å². The minimum atomic E-state index is -4.55. The lowest BCUT2D eigenvalue weighted by molar-refractivity contribution is -0.137. The van der Waals surface area contributed by atoms with E-state index in [4.69, 9.17) is 0 Å². The van der Waals surface area contributed by atoms with Gasteiger partial charge >= 0.3 is 6.18 Å². The number of sulfonamides is 1. The van der Waals surface area contributed by atoms with Crippen LogP contribution in [0.4, 0.5) is 13.2 Å². The van der Waals surface area contributed by atoms with Crippen LogP contribution < -0.4 is 5.32 Å². The van der Waals surface area contributed by atoms with Crippen LogP contribution in [-0.4, -0.2) is 31.2 Å². The molecule has 0 spiro atoms. The molecule has 29 heavy (non-hydrogen) atoms. The molecule has 3 rings (SSSR count). The fraction of sp³-hybridized carbons (Fsp3) is 0.350. The molecule has 9 heteroatoms. The second-order valence-corrected chi connectivity index (χ2v) is 8.74. The topological polar surface area (TPSA) is 66.5 Å². The zero-order valence-corrected chi connectivity index (χ0v) is 16.3. The molecule has 1 saturated heterocycles. The van der Waals surface area contributed by atoms with Crippen molar-refractivity contribution in [3.05, 3.63) is 65.7 Å². The van der Waals surface area contributed by atoms with Crippen LogP contribution in [0.5, 0.6) is 0 Å². The van der Waals surface area contributed by atoms with E-state index in [1.54, 1.807) is 0 Å². The molecule has 0 radical (unpaired) electrons. The number of nitrogens with one attached hydrogen (secondary N) is 1. The third-order valence-electron chi connectivity index (χ3n) is 4.85.